The van der Waals surface area contributed by atoms with E-state index in [-0.39, 0.29) is 11.7 Å². The Morgan fingerprint density at radius 3 is 2.44 bits per heavy atom. The minimum Gasteiger partial charge on any atom is -0.353 e. The maximum absolute atomic E-state index is 13.9. The van der Waals surface area contributed by atoms with E-state index in [1.165, 1.54) is 6.07 Å². The lowest BCUT2D eigenvalue weighted by atomic mass is 10.1. The van der Waals surface area contributed by atoms with Crippen LogP contribution in [0.5, 0.6) is 0 Å². The zero-order valence-corrected chi connectivity index (χ0v) is 15.7. The summed E-state index contributed by atoms with van der Waals surface area (Å²) in [5.41, 5.74) is 1.20. The summed E-state index contributed by atoms with van der Waals surface area (Å²) < 4.78 is 40.4. The predicted molar refractivity (Wildman–Crippen MR) is 99.2 cm³/mol. The van der Waals surface area contributed by atoms with E-state index in [4.69, 9.17) is 0 Å². The van der Waals surface area contributed by atoms with Crippen molar-refractivity contribution in [2.75, 3.05) is 43.9 Å². The number of hydrogen-bond donors (Lipinski definition) is 0. The minimum atomic E-state index is -3.64. The Bertz CT molecular complexity index is 910. The van der Waals surface area contributed by atoms with Crippen LogP contribution in [-0.2, 0) is 19.1 Å². The van der Waals surface area contributed by atoms with Crippen molar-refractivity contribution in [2.24, 2.45) is 0 Å². The van der Waals surface area contributed by atoms with Crippen molar-refractivity contribution < 1.29 is 21.8 Å². The van der Waals surface area contributed by atoms with Crippen LogP contribution in [-0.4, -0.2) is 63.3 Å². The molecule has 0 radical (unpaired) electrons. The number of hydrogen-bond acceptors (Lipinski definition) is 6. The second-order valence-electron chi connectivity index (χ2n) is 6.22. The van der Waals surface area contributed by atoms with Crippen LogP contribution in [0.4, 0.5) is 10.2 Å². The van der Waals surface area contributed by atoms with Crippen LogP contribution in [0.25, 0.3) is 11.1 Å². The third-order valence-electron chi connectivity index (χ3n) is 4.29. The molecule has 1 aromatic heterocycles. The van der Waals surface area contributed by atoms with E-state index in [0.29, 0.717) is 37.3 Å². The second-order valence-corrected chi connectivity index (χ2v) is 7.86. The van der Waals surface area contributed by atoms with Crippen molar-refractivity contribution in [2.45, 2.75) is 0 Å². The molecule has 3 rings (SSSR count). The van der Waals surface area contributed by atoms with E-state index in [1.54, 1.807) is 29.3 Å². The van der Waals surface area contributed by atoms with E-state index in [1.807, 2.05) is 17.0 Å². The zero-order valence-electron chi connectivity index (χ0n) is 14.8. The maximum atomic E-state index is 13.9. The Balaban J connectivity index is 1.58. The summed E-state index contributed by atoms with van der Waals surface area (Å²) in [6, 6.07) is 10.2. The number of benzene rings is 1. The fourth-order valence-corrected chi connectivity index (χ4v) is 3.18. The fraction of sp³-hybridized carbons (Fsp3) is 0.333. The van der Waals surface area contributed by atoms with Crippen LogP contribution < -0.4 is 4.90 Å². The highest BCUT2D eigenvalue weighted by Crippen LogP contribution is 2.24. The van der Waals surface area contributed by atoms with Crippen molar-refractivity contribution in [1.29, 1.82) is 0 Å². The molecule has 1 fully saturated rings. The van der Waals surface area contributed by atoms with Crippen LogP contribution in [0.1, 0.15) is 0 Å². The van der Waals surface area contributed by atoms with Crippen molar-refractivity contribution in [3.05, 3.63) is 48.4 Å². The number of piperazine rings is 1. The molecule has 0 saturated carbocycles. The quantitative estimate of drug-likeness (QED) is 0.717. The molecule has 1 aliphatic heterocycles. The van der Waals surface area contributed by atoms with Crippen LogP contribution in [0.15, 0.2) is 42.6 Å². The number of carbonyl (C=O) groups excluding carboxylic acids is 1. The highest BCUT2D eigenvalue weighted by Gasteiger charge is 2.23. The lowest BCUT2D eigenvalue weighted by molar-refractivity contribution is -0.133. The summed E-state index contributed by atoms with van der Waals surface area (Å²) in [6.07, 6.45) is 2.54. The maximum Gasteiger partial charge on any atom is 0.264 e. The Hall–Kier alpha value is -2.52. The molecule has 0 N–H and O–H groups in total. The van der Waals surface area contributed by atoms with Gasteiger partial charge >= 0.3 is 0 Å². The molecule has 0 spiro atoms. The van der Waals surface area contributed by atoms with Crippen LogP contribution in [0.3, 0.4) is 0 Å². The summed E-state index contributed by atoms with van der Waals surface area (Å²) in [4.78, 5) is 20.0. The average molecular weight is 393 g/mol. The number of halogens is 1. The van der Waals surface area contributed by atoms with Gasteiger partial charge in [-0.15, -0.1) is 0 Å². The number of rotatable bonds is 5. The molecular formula is C18H20FN3O4S. The Kier molecular flexibility index (Phi) is 5.71. The average Bonchev–Trinajstić information content (AvgIpc) is 2.66. The van der Waals surface area contributed by atoms with E-state index < -0.39 is 16.7 Å². The van der Waals surface area contributed by atoms with Gasteiger partial charge in [0.15, 0.2) is 0 Å². The van der Waals surface area contributed by atoms with Crippen molar-refractivity contribution in [1.82, 2.24) is 9.88 Å². The van der Waals surface area contributed by atoms with Gasteiger partial charge in [-0.1, -0.05) is 18.2 Å². The number of nitrogens with zero attached hydrogens (tertiary/aromatic N) is 3. The molecule has 9 heteroatoms. The standard InChI is InChI=1S/C18H20FN3O4S/c1-27(24,25)26-13-18(23)22-10-8-21(9-11-22)17-7-6-14(12-20-17)15-4-2-3-5-16(15)19/h2-7,12H,8-11,13H2,1H3. The van der Waals surface area contributed by atoms with E-state index in [0.717, 1.165) is 12.1 Å². The smallest absolute Gasteiger partial charge is 0.264 e. The van der Waals surface area contributed by atoms with Gasteiger partial charge in [0.05, 0.1) is 6.26 Å². The first kappa shape index (κ1) is 19.2. The summed E-state index contributed by atoms with van der Waals surface area (Å²) in [7, 11) is -3.64. The molecule has 0 atom stereocenters. The molecule has 1 amide bonds. The molecule has 27 heavy (non-hydrogen) atoms. The number of pyridine rings is 1. The molecule has 7 nitrogen and oxygen atoms in total. The van der Waals surface area contributed by atoms with Crippen molar-refractivity contribution in [3.8, 4) is 11.1 Å². The Labute approximate surface area is 157 Å². The predicted octanol–water partition coefficient (Wildman–Crippen LogP) is 1.51. The van der Waals surface area contributed by atoms with E-state index in [2.05, 4.69) is 9.17 Å². The van der Waals surface area contributed by atoms with Gasteiger partial charge in [0.25, 0.3) is 10.1 Å². The van der Waals surface area contributed by atoms with Gasteiger partial charge in [-0.3, -0.25) is 8.98 Å². The van der Waals surface area contributed by atoms with E-state index in [9.17, 15) is 17.6 Å². The number of amides is 1. The molecule has 2 heterocycles. The molecular weight excluding hydrogens is 373 g/mol. The third kappa shape index (κ3) is 5.01. The molecule has 1 aromatic carbocycles. The van der Waals surface area contributed by atoms with Gasteiger partial charge in [-0.05, 0) is 18.2 Å². The molecule has 0 unspecified atom stereocenters. The first-order valence-corrected chi connectivity index (χ1v) is 10.2. The third-order valence-corrected chi connectivity index (χ3v) is 4.83. The first-order valence-electron chi connectivity index (χ1n) is 8.41. The lowest BCUT2D eigenvalue weighted by Crippen LogP contribution is -2.50. The molecule has 1 aliphatic rings. The van der Waals surface area contributed by atoms with E-state index >= 15 is 0 Å². The Morgan fingerprint density at radius 1 is 1.15 bits per heavy atom. The molecule has 2 aromatic rings. The van der Waals surface area contributed by atoms with Crippen LogP contribution in [0, 0.1) is 5.82 Å². The van der Waals surface area contributed by atoms with Crippen molar-refractivity contribution >= 4 is 21.8 Å². The fourth-order valence-electron chi connectivity index (χ4n) is 2.86. The zero-order chi connectivity index (χ0) is 19.4. The number of aromatic nitrogens is 1. The summed E-state index contributed by atoms with van der Waals surface area (Å²) >= 11 is 0. The first-order chi connectivity index (χ1) is 12.8. The normalized spacial score (nSPS) is 15.0. The monoisotopic (exact) mass is 393 g/mol. The van der Waals surface area contributed by atoms with Gasteiger partial charge in [0.2, 0.25) is 5.91 Å². The highest BCUT2D eigenvalue weighted by molar-refractivity contribution is 7.86. The van der Waals surface area contributed by atoms with Gasteiger partial charge in [-0.25, -0.2) is 9.37 Å². The summed E-state index contributed by atoms with van der Waals surface area (Å²) in [5, 5.41) is 0. The number of anilines is 1. The topological polar surface area (TPSA) is 79.8 Å². The van der Waals surface area contributed by atoms with Crippen molar-refractivity contribution in [3.63, 3.8) is 0 Å². The van der Waals surface area contributed by atoms with Gasteiger partial charge < -0.3 is 9.80 Å². The SMILES string of the molecule is CS(=O)(=O)OCC(=O)N1CCN(c2ccc(-c3ccccc3F)cn2)CC1. The molecule has 0 aliphatic carbocycles. The number of carbonyl (C=O) groups is 1. The van der Waals surface area contributed by atoms with Crippen LogP contribution >= 0.6 is 0 Å². The van der Waals surface area contributed by atoms with Crippen LogP contribution in [0.2, 0.25) is 0 Å². The Morgan fingerprint density at radius 2 is 1.85 bits per heavy atom. The van der Waals surface area contributed by atoms with Gasteiger partial charge in [0.1, 0.15) is 18.2 Å². The largest absolute Gasteiger partial charge is 0.353 e. The highest BCUT2D eigenvalue weighted by atomic mass is 32.2. The van der Waals surface area contributed by atoms with Gasteiger partial charge in [0, 0.05) is 43.5 Å². The minimum absolute atomic E-state index is 0.296. The molecule has 0 bridgehead atoms. The van der Waals surface area contributed by atoms with Gasteiger partial charge in [-0.2, -0.15) is 8.42 Å². The molecule has 144 valence electrons. The second kappa shape index (κ2) is 8.01. The summed E-state index contributed by atoms with van der Waals surface area (Å²) in [6.45, 7) is 1.55. The molecule has 1 saturated heterocycles. The lowest BCUT2D eigenvalue weighted by Gasteiger charge is -2.35. The summed E-state index contributed by atoms with van der Waals surface area (Å²) in [5.74, 6) is 0.0907.